The third-order valence-corrected chi connectivity index (χ3v) is 5.80. The van der Waals surface area contributed by atoms with Crippen molar-refractivity contribution in [1.82, 2.24) is 5.32 Å². The van der Waals surface area contributed by atoms with Crippen LogP contribution in [0.1, 0.15) is 15.9 Å². The van der Waals surface area contributed by atoms with E-state index in [0.29, 0.717) is 32.6 Å². The van der Waals surface area contributed by atoms with E-state index >= 15 is 0 Å². The van der Waals surface area contributed by atoms with Crippen LogP contribution in [0.5, 0.6) is 5.75 Å². The van der Waals surface area contributed by atoms with Gasteiger partial charge in [-0.2, -0.15) is 0 Å². The van der Waals surface area contributed by atoms with Crippen molar-refractivity contribution >= 4 is 66.5 Å². The molecule has 3 aromatic rings. The molecule has 7 nitrogen and oxygen atoms in total. The predicted octanol–water partition coefficient (Wildman–Crippen LogP) is 5.87. The number of benzene rings is 3. The average Bonchev–Trinajstić information content (AvgIpc) is 2.76. The zero-order chi connectivity index (χ0) is 23.1. The Bertz CT molecular complexity index is 1160. The molecule has 0 aromatic heterocycles. The third kappa shape index (κ3) is 6.59. The number of carbonyl (C=O) groups excluding carboxylic acids is 1. The fourth-order valence-corrected chi connectivity index (χ4v) is 3.89. The number of non-ortho nitro benzene ring substituents is 1. The van der Waals surface area contributed by atoms with Crippen LogP contribution in [-0.2, 0) is 6.42 Å². The summed E-state index contributed by atoms with van der Waals surface area (Å²) < 4.78 is 6.90. The van der Waals surface area contributed by atoms with Crippen LogP contribution < -0.4 is 15.4 Å². The summed E-state index contributed by atoms with van der Waals surface area (Å²) in [5.74, 6) is 0.227. The van der Waals surface area contributed by atoms with Crippen LogP contribution in [0.3, 0.4) is 0 Å². The highest BCUT2D eigenvalue weighted by Crippen LogP contribution is 2.28. The van der Waals surface area contributed by atoms with Gasteiger partial charge in [0.1, 0.15) is 5.75 Å². The van der Waals surface area contributed by atoms with E-state index in [-0.39, 0.29) is 10.8 Å². The minimum Gasteiger partial charge on any atom is -0.492 e. The largest absolute Gasteiger partial charge is 0.492 e. The lowest BCUT2D eigenvalue weighted by Gasteiger charge is -2.12. The van der Waals surface area contributed by atoms with Crippen LogP contribution in [-0.4, -0.2) is 22.5 Å². The summed E-state index contributed by atoms with van der Waals surface area (Å²) in [6.07, 6.45) is 0.771. The monoisotopic (exact) mass is 577 g/mol. The summed E-state index contributed by atoms with van der Waals surface area (Å²) in [6.45, 7) is 0.506. The van der Waals surface area contributed by atoms with E-state index in [1.807, 2.05) is 30.3 Å². The Morgan fingerprint density at radius 3 is 2.44 bits per heavy atom. The number of hydrogen-bond donors (Lipinski definition) is 2. The van der Waals surface area contributed by atoms with Gasteiger partial charge in [0.25, 0.3) is 11.6 Å². The molecule has 10 heteroatoms. The van der Waals surface area contributed by atoms with Gasteiger partial charge < -0.3 is 10.1 Å². The Hall–Kier alpha value is -2.82. The molecular weight excluding hydrogens is 562 g/mol. The van der Waals surface area contributed by atoms with Gasteiger partial charge in [-0.1, -0.05) is 30.3 Å². The number of carbonyl (C=O) groups is 1. The van der Waals surface area contributed by atoms with Crippen LogP contribution >= 0.6 is 44.1 Å². The molecule has 164 valence electrons. The van der Waals surface area contributed by atoms with Crippen LogP contribution in [0.15, 0.2) is 75.7 Å². The highest BCUT2D eigenvalue weighted by molar-refractivity contribution is 9.11. The maximum absolute atomic E-state index is 12.5. The van der Waals surface area contributed by atoms with Crippen molar-refractivity contribution in [1.29, 1.82) is 0 Å². The predicted molar refractivity (Wildman–Crippen MR) is 134 cm³/mol. The summed E-state index contributed by atoms with van der Waals surface area (Å²) in [4.78, 5) is 22.9. The normalized spacial score (nSPS) is 10.3. The molecule has 1 amide bonds. The molecule has 0 aliphatic carbocycles. The first kappa shape index (κ1) is 23.8. The molecule has 0 saturated heterocycles. The quantitative estimate of drug-likeness (QED) is 0.207. The minimum atomic E-state index is -0.498. The van der Waals surface area contributed by atoms with Gasteiger partial charge in [0.2, 0.25) is 0 Å². The topological polar surface area (TPSA) is 93.5 Å². The Balaban J connectivity index is 1.56. The number of hydrogen-bond acceptors (Lipinski definition) is 5. The smallest absolute Gasteiger partial charge is 0.270 e. The van der Waals surface area contributed by atoms with Crippen molar-refractivity contribution in [3.8, 4) is 5.75 Å². The second-order valence-electron chi connectivity index (χ2n) is 6.56. The van der Waals surface area contributed by atoms with Crippen molar-refractivity contribution in [2.45, 2.75) is 6.42 Å². The van der Waals surface area contributed by atoms with Crippen LogP contribution in [0, 0.1) is 10.1 Å². The molecule has 0 atom stereocenters. The summed E-state index contributed by atoms with van der Waals surface area (Å²) in [6, 6.07) is 19.2. The van der Waals surface area contributed by atoms with Crippen molar-refractivity contribution in [3.63, 3.8) is 0 Å². The standard InChI is InChI=1S/C22H17Br2N3O4S/c23-17-13-16(27(29)30)7-8-19(17)25-22(32)26-21(28)15-6-9-20(18(24)12-15)31-11-10-14-4-2-1-3-5-14/h1-9,12-13H,10-11H2,(H2,25,26,28,32). The molecule has 0 fully saturated rings. The number of halogens is 2. The van der Waals surface area contributed by atoms with Gasteiger partial charge in [-0.05, 0) is 73.9 Å². The number of nitrogens with zero attached hydrogens (tertiary/aromatic N) is 1. The summed E-state index contributed by atoms with van der Waals surface area (Å²) in [5.41, 5.74) is 2.00. The molecule has 0 aliphatic rings. The highest BCUT2D eigenvalue weighted by Gasteiger charge is 2.13. The Morgan fingerprint density at radius 2 is 1.78 bits per heavy atom. The second-order valence-corrected chi connectivity index (χ2v) is 8.68. The van der Waals surface area contributed by atoms with Crippen LogP contribution in [0.25, 0.3) is 0 Å². The number of nitro benzene ring substituents is 1. The number of anilines is 1. The molecule has 0 spiro atoms. The zero-order valence-electron chi connectivity index (χ0n) is 16.5. The van der Waals surface area contributed by atoms with E-state index < -0.39 is 10.8 Å². The van der Waals surface area contributed by atoms with Gasteiger partial charge >= 0.3 is 0 Å². The number of ether oxygens (including phenoxy) is 1. The molecule has 0 radical (unpaired) electrons. The van der Waals surface area contributed by atoms with E-state index in [2.05, 4.69) is 42.5 Å². The van der Waals surface area contributed by atoms with Gasteiger partial charge in [0.15, 0.2) is 5.11 Å². The SMILES string of the molecule is O=C(NC(=S)Nc1ccc([N+](=O)[O-])cc1Br)c1ccc(OCCc2ccccc2)c(Br)c1. The maximum Gasteiger partial charge on any atom is 0.270 e. The number of thiocarbonyl (C=S) groups is 1. The fourth-order valence-electron chi connectivity index (χ4n) is 2.73. The lowest BCUT2D eigenvalue weighted by molar-refractivity contribution is -0.384. The molecule has 0 unspecified atom stereocenters. The van der Waals surface area contributed by atoms with E-state index in [1.54, 1.807) is 18.2 Å². The summed E-state index contributed by atoms with van der Waals surface area (Å²) in [7, 11) is 0. The molecule has 0 bridgehead atoms. The van der Waals surface area contributed by atoms with Gasteiger partial charge in [0.05, 0.1) is 21.7 Å². The lowest BCUT2D eigenvalue weighted by atomic mass is 10.2. The van der Waals surface area contributed by atoms with E-state index in [4.69, 9.17) is 17.0 Å². The minimum absolute atomic E-state index is 0.0591. The van der Waals surface area contributed by atoms with E-state index in [0.717, 1.165) is 6.42 Å². The second kappa shape index (κ2) is 11.2. The van der Waals surface area contributed by atoms with Crippen LogP contribution in [0.4, 0.5) is 11.4 Å². The van der Waals surface area contributed by atoms with E-state index in [9.17, 15) is 14.9 Å². The number of nitro groups is 1. The molecule has 0 heterocycles. The first-order valence-electron chi connectivity index (χ1n) is 9.36. The van der Waals surface area contributed by atoms with E-state index in [1.165, 1.54) is 23.8 Å². The molecular formula is C22H17Br2N3O4S. The molecule has 32 heavy (non-hydrogen) atoms. The van der Waals surface area contributed by atoms with Gasteiger partial charge in [-0.15, -0.1) is 0 Å². The third-order valence-electron chi connectivity index (χ3n) is 4.32. The number of nitrogens with one attached hydrogen (secondary N) is 2. The van der Waals surface area contributed by atoms with Crippen molar-refractivity contribution in [3.05, 3.63) is 96.9 Å². The number of amides is 1. The van der Waals surface area contributed by atoms with Crippen LogP contribution in [0.2, 0.25) is 0 Å². The Kier molecular flexibility index (Phi) is 8.32. The zero-order valence-corrected chi connectivity index (χ0v) is 20.5. The van der Waals surface area contributed by atoms with Crippen molar-refractivity contribution < 1.29 is 14.5 Å². The lowest BCUT2D eigenvalue weighted by Crippen LogP contribution is -2.34. The Morgan fingerprint density at radius 1 is 1.03 bits per heavy atom. The first-order valence-corrected chi connectivity index (χ1v) is 11.4. The molecule has 3 aromatic carbocycles. The van der Waals surface area contributed by atoms with Gasteiger partial charge in [0, 0.05) is 28.6 Å². The fraction of sp³-hybridized carbons (Fsp3) is 0.0909. The molecule has 2 N–H and O–H groups in total. The summed E-state index contributed by atoms with van der Waals surface area (Å²) >= 11 is 11.9. The van der Waals surface area contributed by atoms with Crippen molar-refractivity contribution in [2.24, 2.45) is 0 Å². The highest BCUT2D eigenvalue weighted by atomic mass is 79.9. The van der Waals surface area contributed by atoms with Gasteiger partial charge in [-0.25, -0.2) is 0 Å². The van der Waals surface area contributed by atoms with Crippen molar-refractivity contribution in [2.75, 3.05) is 11.9 Å². The summed E-state index contributed by atoms with van der Waals surface area (Å²) in [5, 5.41) is 16.3. The average molecular weight is 579 g/mol. The Labute approximate surface area is 206 Å². The number of rotatable bonds is 7. The first-order chi connectivity index (χ1) is 15.3. The molecule has 0 aliphatic heterocycles. The molecule has 3 rings (SSSR count). The van der Waals surface area contributed by atoms with Gasteiger partial charge in [-0.3, -0.25) is 20.2 Å². The molecule has 0 saturated carbocycles. The maximum atomic E-state index is 12.5.